The topological polar surface area (TPSA) is 26.0 Å². The molecule has 0 saturated carbocycles. The summed E-state index contributed by atoms with van der Waals surface area (Å²) in [7, 11) is 0. The zero-order chi connectivity index (χ0) is 9.84. The summed E-state index contributed by atoms with van der Waals surface area (Å²) in [5.41, 5.74) is 8.74. The van der Waals surface area contributed by atoms with Gasteiger partial charge in [0, 0.05) is 6.04 Å². The van der Waals surface area contributed by atoms with Crippen LogP contribution in [0.1, 0.15) is 37.4 Å². The quantitative estimate of drug-likeness (QED) is 0.754. The number of hydrogen-bond acceptors (Lipinski definition) is 1. The molecule has 72 valence electrons. The largest absolute Gasteiger partial charge is 0.324 e. The first-order valence-corrected chi connectivity index (χ1v) is 4.98. The lowest BCUT2D eigenvalue weighted by Crippen LogP contribution is -2.19. The van der Waals surface area contributed by atoms with Crippen LogP contribution in [0.25, 0.3) is 0 Å². The van der Waals surface area contributed by atoms with Crippen LogP contribution >= 0.6 is 0 Å². The van der Waals surface area contributed by atoms with Crippen LogP contribution < -0.4 is 5.73 Å². The second-order valence-electron chi connectivity index (χ2n) is 3.77. The number of rotatable bonds is 3. The van der Waals surface area contributed by atoms with Gasteiger partial charge >= 0.3 is 0 Å². The van der Waals surface area contributed by atoms with E-state index in [1.54, 1.807) is 0 Å². The molecule has 0 aliphatic rings. The molecule has 0 spiro atoms. The SMILES string of the molecule is CCC(C)[C@@H](N)c1ccccc1C. The van der Waals surface area contributed by atoms with Gasteiger partial charge in [0.15, 0.2) is 0 Å². The number of aryl methyl sites for hydroxylation is 1. The summed E-state index contributed by atoms with van der Waals surface area (Å²) in [5, 5.41) is 0. The summed E-state index contributed by atoms with van der Waals surface area (Å²) in [6.45, 7) is 6.51. The van der Waals surface area contributed by atoms with Crippen LogP contribution in [-0.2, 0) is 0 Å². The molecule has 1 rings (SSSR count). The summed E-state index contributed by atoms with van der Waals surface area (Å²) < 4.78 is 0. The predicted octanol–water partition coefficient (Wildman–Crippen LogP) is 3.04. The van der Waals surface area contributed by atoms with Crippen molar-refractivity contribution in [2.24, 2.45) is 11.7 Å². The monoisotopic (exact) mass is 177 g/mol. The summed E-state index contributed by atoms with van der Waals surface area (Å²) in [6, 6.07) is 8.56. The van der Waals surface area contributed by atoms with Crippen LogP contribution in [0.15, 0.2) is 24.3 Å². The van der Waals surface area contributed by atoms with Gasteiger partial charge in [0.05, 0.1) is 0 Å². The minimum atomic E-state index is 0.186. The Morgan fingerprint density at radius 1 is 1.31 bits per heavy atom. The predicted molar refractivity (Wildman–Crippen MR) is 57.6 cm³/mol. The number of nitrogens with two attached hydrogens (primary N) is 1. The van der Waals surface area contributed by atoms with Crippen molar-refractivity contribution in [1.29, 1.82) is 0 Å². The highest BCUT2D eigenvalue weighted by Gasteiger charge is 2.13. The van der Waals surface area contributed by atoms with Gasteiger partial charge in [-0.1, -0.05) is 44.5 Å². The molecule has 0 amide bonds. The summed E-state index contributed by atoms with van der Waals surface area (Å²) >= 11 is 0. The van der Waals surface area contributed by atoms with Crippen LogP contribution in [0.3, 0.4) is 0 Å². The average molecular weight is 177 g/mol. The maximum absolute atomic E-state index is 6.15. The third-order valence-electron chi connectivity index (χ3n) is 2.80. The Morgan fingerprint density at radius 2 is 1.92 bits per heavy atom. The van der Waals surface area contributed by atoms with E-state index in [9.17, 15) is 0 Å². The maximum Gasteiger partial charge on any atom is 0.0323 e. The second-order valence-corrected chi connectivity index (χ2v) is 3.77. The van der Waals surface area contributed by atoms with Crippen molar-refractivity contribution < 1.29 is 0 Å². The molecule has 13 heavy (non-hydrogen) atoms. The van der Waals surface area contributed by atoms with Gasteiger partial charge in [0.1, 0.15) is 0 Å². The Balaban J connectivity index is 2.88. The van der Waals surface area contributed by atoms with Crippen molar-refractivity contribution >= 4 is 0 Å². The van der Waals surface area contributed by atoms with E-state index in [0.717, 1.165) is 6.42 Å². The third kappa shape index (κ3) is 2.31. The van der Waals surface area contributed by atoms with Crippen LogP contribution in [0.5, 0.6) is 0 Å². The molecule has 1 nitrogen and oxygen atoms in total. The Bertz CT molecular complexity index is 268. The second kappa shape index (κ2) is 4.43. The van der Waals surface area contributed by atoms with E-state index in [-0.39, 0.29) is 6.04 Å². The molecule has 0 radical (unpaired) electrons. The van der Waals surface area contributed by atoms with Gasteiger partial charge in [0.25, 0.3) is 0 Å². The smallest absolute Gasteiger partial charge is 0.0323 e. The lowest BCUT2D eigenvalue weighted by molar-refractivity contribution is 0.455. The van der Waals surface area contributed by atoms with Crippen LogP contribution in [0.4, 0.5) is 0 Å². The van der Waals surface area contributed by atoms with Crippen LogP contribution in [-0.4, -0.2) is 0 Å². The molecule has 1 aromatic carbocycles. The Kier molecular flexibility index (Phi) is 3.49. The fraction of sp³-hybridized carbons (Fsp3) is 0.500. The van der Waals surface area contributed by atoms with Crippen molar-refractivity contribution in [2.45, 2.75) is 33.2 Å². The lowest BCUT2D eigenvalue weighted by Gasteiger charge is -2.20. The Labute approximate surface area is 81.0 Å². The standard InChI is InChI=1S/C12H19N/c1-4-9(2)12(13)11-8-6-5-7-10(11)3/h5-9,12H,4,13H2,1-3H3/t9?,12-/m1/s1. The van der Waals surface area contributed by atoms with E-state index in [1.165, 1.54) is 11.1 Å². The fourth-order valence-corrected chi connectivity index (χ4v) is 1.52. The fourth-order valence-electron chi connectivity index (χ4n) is 1.52. The zero-order valence-corrected chi connectivity index (χ0v) is 8.75. The molecule has 0 aliphatic carbocycles. The molecule has 0 aromatic heterocycles. The molecule has 2 atom stereocenters. The zero-order valence-electron chi connectivity index (χ0n) is 8.75. The first kappa shape index (κ1) is 10.3. The molecule has 0 bridgehead atoms. The van der Waals surface area contributed by atoms with Crippen molar-refractivity contribution in [3.63, 3.8) is 0 Å². The van der Waals surface area contributed by atoms with Gasteiger partial charge in [-0.3, -0.25) is 0 Å². The lowest BCUT2D eigenvalue weighted by atomic mass is 9.91. The highest BCUT2D eigenvalue weighted by Crippen LogP contribution is 2.23. The van der Waals surface area contributed by atoms with E-state index in [2.05, 4.69) is 45.0 Å². The number of benzene rings is 1. The van der Waals surface area contributed by atoms with Gasteiger partial charge in [-0.25, -0.2) is 0 Å². The van der Waals surface area contributed by atoms with Gasteiger partial charge in [-0.2, -0.15) is 0 Å². The first-order chi connectivity index (χ1) is 6.16. The van der Waals surface area contributed by atoms with E-state index < -0.39 is 0 Å². The summed E-state index contributed by atoms with van der Waals surface area (Å²) in [5.74, 6) is 0.557. The van der Waals surface area contributed by atoms with Crippen LogP contribution in [0.2, 0.25) is 0 Å². The average Bonchev–Trinajstić information content (AvgIpc) is 2.16. The summed E-state index contributed by atoms with van der Waals surface area (Å²) in [4.78, 5) is 0. The van der Waals surface area contributed by atoms with Gasteiger partial charge < -0.3 is 5.73 Å². The van der Waals surface area contributed by atoms with E-state index in [1.807, 2.05) is 0 Å². The molecule has 1 unspecified atom stereocenters. The molecule has 0 aliphatic heterocycles. The minimum absolute atomic E-state index is 0.186. The van der Waals surface area contributed by atoms with Crippen molar-refractivity contribution in [3.8, 4) is 0 Å². The first-order valence-electron chi connectivity index (χ1n) is 4.98. The third-order valence-corrected chi connectivity index (χ3v) is 2.80. The normalized spacial score (nSPS) is 15.4. The van der Waals surface area contributed by atoms with Crippen molar-refractivity contribution in [3.05, 3.63) is 35.4 Å². The van der Waals surface area contributed by atoms with Crippen LogP contribution in [0, 0.1) is 12.8 Å². The van der Waals surface area contributed by atoms with E-state index in [4.69, 9.17) is 5.73 Å². The maximum atomic E-state index is 6.15. The molecular formula is C12H19N. The van der Waals surface area contributed by atoms with E-state index >= 15 is 0 Å². The molecule has 2 N–H and O–H groups in total. The molecular weight excluding hydrogens is 158 g/mol. The highest BCUT2D eigenvalue weighted by atomic mass is 14.6. The van der Waals surface area contributed by atoms with Gasteiger partial charge in [-0.15, -0.1) is 0 Å². The van der Waals surface area contributed by atoms with Crippen molar-refractivity contribution in [1.82, 2.24) is 0 Å². The molecule has 0 saturated heterocycles. The van der Waals surface area contributed by atoms with Gasteiger partial charge in [-0.05, 0) is 24.0 Å². The Hall–Kier alpha value is -0.820. The minimum Gasteiger partial charge on any atom is -0.324 e. The summed E-state index contributed by atoms with van der Waals surface area (Å²) in [6.07, 6.45) is 1.13. The van der Waals surface area contributed by atoms with Crippen molar-refractivity contribution in [2.75, 3.05) is 0 Å². The molecule has 1 aromatic rings. The molecule has 0 fully saturated rings. The number of hydrogen-bond donors (Lipinski definition) is 1. The molecule has 1 heteroatoms. The highest BCUT2D eigenvalue weighted by molar-refractivity contribution is 5.28. The van der Waals surface area contributed by atoms with Gasteiger partial charge in [0.2, 0.25) is 0 Å². The Morgan fingerprint density at radius 3 is 2.46 bits per heavy atom. The van der Waals surface area contributed by atoms with E-state index in [0.29, 0.717) is 5.92 Å². The molecule has 0 heterocycles.